The SMILES string of the molecule is CSC1CCCCCC1. The van der Waals surface area contributed by atoms with E-state index in [2.05, 4.69) is 18.0 Å². The van der Waals surface area contributed by atoms with E-state index in [4.69, 9.17) is 0 Å². The van der Waals surface area contributed by atoms with E-state index in [0.717, 1.165) is 5.25 Å². The lowest BCUT2D eigenvalue weighted by Gasteiger charge is -2.08. The molecule has 0 aliphatic heterocycles. The van der Waals surface area contributed by atoms with Crippen LogP contribution < -0.4 is 0 Å². The summed E-state index contributed by atoms with van der Waals surface area (Å²) >= 11 is 2.06. The molecular formula is C8H16S. The summed E-state index contributed by atoms with van der Waals surface area (Å²) in [4.78, 5) is 0. The van der Waals surface area contributed by atoms with Crippen LogP contribution in [0, 0.1) is 0 Å². The van der Waals surface area contributed by atoms with Crippen LogP contribution in [0.2, 0.25) is 0 Å². The maximum Gasteiger partial charge on any atom is 0.00442 e. The molecule has 1 heteroatoms. The standard InChI is InChI=1S/C8H16S/c1-9-8-6-4-2-3-5-7-8/h8H,2-7H2,1H3. The zero-order valence-electron chi connectivity index (χ0n) is 6.23. The Bertz CT molecular complexity index is 63.0. The summed E-state index contributed by atoms with van der Waals surface area (Å²) in [7, 11) is 0. The molecule has 1 aliphatic carbocycles. The van der Waals surface area contributed by atoms with Crippen molar-refractivity contribution in [2.75, 3.05) is 6.26 Å². The second kappa shape index (κ2) is 4.21. The Kier molecular flexibility index (Phi) is 3.49. The molecule has 0 atom stereocenters. The third-order valence-electron chi connectivity index (χ3n) is 2.14. The molecule has 0 bridgehead atoms. The van der Waals surface area contributed by atoms with Gasteiger partial charge in [0, 0.05) is 5.25 Å². The third kappa shape index (κ3) is 2.61. The molecular weight excluding hydrogens is 128 g/mol. The molecule has 54 valence electrons. The Labute approximate surface area is 62.4 Å². The highest BCUT2D eigenvalue weighted by atomic mass is 32.2. The van der Waals surface area contributed by atoms with Gasteiger partial charge in [-0.15, -0.1) is 0 Å². The van der Waals surface area contributed by atoms with Crippen LogP contribution in [0.15, 0.2) is 0 Å². The lowest BCUT2D eigenvalue weighted by Crippen LogP contribution is -1.97. The molecule has 1 saturated carbocycles. The fourth-order valence-electron chi connectivity index (χ4n) is 1.48. The average Bonchev–Trinajstić information content (AvgIpc) is 2.13. The van der Waals surface area contributed by atoms with Crippen molar-refractivity contribution in [3.63, 3.8) is 0 Å². The molecule has 0 aromatic rings. The van der Waals surface area contributed by atoms with Gasteiger partial charge in [-0.05, 0) is 19.1 Å². The molecule has 0 saturated heterocycles. The van der Waals surface area contributed by atoms with Crippen molar-refractivity contribution in [1.29, 1.82) is 0 Å². The van der Waals surface area contributed by atoms with Crippen LogP contribution in [0.25, 0.3) is 0 Å². The van der Waals surface area contributed by atoms with Crippen molar-refractivity contribution in [1.82, 2.24) is 0 Å². The number of rotatable bonds is 1. The van der Waals surface area contributed by atoms with Crippen molar-refractivity contribution in [2.24, 2.45) is 0 Å². The fourth-order valence-corrected chi connectivity index (χ4v) is 2.28. The minimum absolute atomic E-state index is 0.993. The summed E-state index contributed by atoms with van der Waals surface area (Å²) < 4.78 is 0. The first-order valence-corrected chi connectivity index (χ1v) is 5.25. The van der Waals surface area contributed by atoms with Gasteiger partial charge in [0.15, 0.2) is 0 Å². The molecule has 0 unspecified atom stereocenters. The van der Waals surface area contributed by atoms with E-state index in [-0.39, 0.29) is 0 Å². The fraction of sp³-hybridized carbons (Fsp3) is 1.00. The number of thioether (sulfide) groups is 1. The summed E-state index contributed by atoms with van der Waals surface area (Å²) in [5.41, 5.74) is 0. The second-order valence-corrected chi connectivity index (χ2v) is 3.99. The minimum atomic E-state index is 0.993. The van der Waals surface area contributed by atoms with E-state index in [1.807, 2.05) is 0 Å². The van der Waals surface area contributed by atoms with Crippen molar-refractivity contribution in [3.05, 3.63) is 0 Å². The molecule has 0 N–H and O–H groups in total. The van der Waals surface area contributed by atoms with Gasteiger partial charge in [-0.2, -0.15) is 11.8 Å². The Balaban J connectivity index is 2.18. The molecule has 0 spiro atoms. The van der Waals surface area contributed by atoms with Gasteiger partial charge in [-0.3, -0.25) is 0 Å². The molecule has 0 heterocycles. The van der Waals surface area contributed by atoms with Crippen LogP contribution in [0.3, 0.4) is 0 Å². The monoisotopic (exact) mass is 144 g/mol. The smallest absolute Gasteiger partial charge is 0.00442 e. The zero-order valence-corrected chi connectivity index (χ0v) is 7.04. The van der Waals surface area contributed by atoms with Gasteiger partial charge in [0.2, 0.25) is 0 Å². The Hall–Kier alpha value is 0.350. The number of hydrogen-bond donors (Lipinski definition) is 0. The van der Waals surface area contributed by atoms with E-state index < -0.39 is 0 Å². The minimum Gasteiger partial charge on any atom is -0.162 e. The zero-order chi connectivity index (χ0) is 6.53. The number of hydrogen-bond acceptors (Lipinski definition) is 1. The molecule has 1 rings (SSSR count). The van der Waals surface area contributed by atoms with Crippen LogP contribution >= 0.6 is 11.8 Å². The Morgan fingerprint density at radius 3 is 2.00 bits per heavy atom. The van der Waals surface area contributed by atoms with E-state index in [1.54, 1.807) is 0 Å². The lowest BCUT2D eigenvalue weighted by molar-refractivity contribution is 0.702. The van der Waals surface area contributed by atoms with Crippen LogP contribution in [0.4, 0.5) is 0 Å². The molecule has 1 fully saturated rings. The topological polar surface area (TPSA) is 0 Å². The van der Waals surface area contributed by atoms with Crippen LogP contribution in [-0.4, -0.2) is 11.5 Å². The molecule has 0 nitrogen and oxygen atoms in total. The maximum atomic E-state index is 2.25. The molecule has 0 radical (unpaired) electrons. The molecule has 0 aromatic carbocycles. The Morgan fingerprint density at radius 1 is 1.00 bits per heavy atom. The molecule has 1 aliphatic rings. The van der Waals surface area contributed by atoms with Gasteiger partial charge >= 0.3 is 0 Å². The Morgan fingerprint density at radius 2 is 1.56 bits per heavy atom. The largest absolute Gasteiger partial charge is 0.162 e. The summed E-state index contributed by atoms with van der Waals surface area (Å²) in [6.45, 7) is 0. The van der Waals surface area contributed by atoms with Crippen molar-refractivity contribution < 1.29 is 0 Å². The first-order chi connectivity index (χ1) is 4.43. The highest BCUT2D eigenvalue weighted by Gasteiger charge is 2.09. The highest BCUT2D eigenvalue weighted by Crippen LogP contribution is 2.25. The predicted molar refractivity (Wildman–Crippen MR) is 45.0 cm³/mol. The summed E-state index contributed by atoms with van der Waals surface area (Å²) in [5, 5.41) is 0.993. The predicted octanol–water partition coefficient (Wildman–Crippen LogP) is 3.07. The normalized spacial score (nSPS) is 23.7. The van der Waals surface area contributed by atoms with Crippen LogP contribution in [-0.2, 0) is 0 Å². The van der Waals surface area contributed by atoms with Crippen LogP contribution in [0.5, 0.6) is 0 Å². The van der Waals surface area contributed by atoms with Crippen LogP contribution in [0.1, 0.15) is 38.5 Å². The van der Waals surface area contributed by atoms with E-state index >= 15 is 0 Å². The van der Waals surface area contributed by atoms with E-state index in [0.29, 0.717) is 0 Å². The van der Waals surface area contributed by atoms with Gasteiger partial charge < -0.3 is 0 Å². The van der Waals surface area contributed by atoms with E-state index in [9.17, 15) is 0 Å². The highest BCUT2D eigenvalue weighted by molar-refractivity contribution is 7.99. The first kappa shape index (κ1) is 7.46. The van der Waals surface area contributed by atoms with E-state index in [1.165, 1.54) is 38.5 Å². The maximum absolute atomic E-state index is 2.25. The van der Waals surface area contributed by atoms with Gasteiger partial charge in [0.1, 0.15) is 0 Å². The summed E-state index contributed by atoms with van der Waals surface area (Å²) in [6.07, 6.45) is 11.1. The van der Waals surface area contributed by atoms with Gasteiger partial charge in [-0.25, -0.2) is 0 Å². The molecule has 0 amide bonds. The lowest BCUT2D eigenvalue weighted by atomic mass is 10.2. The summed E-state index contributed by atoms with van der Waals surface area (Å²) in [5.74, 6) is 0. The van der Waals surface area contributed by atoms with Gasteiger partial charge in [-0.1, -0.05) is 25.7 Å². The summed E-state index contributed by atoms with van der Waals surface area (Å²) in [6, 6.07) is 0. The van der Waals surface area contributed by atoms with Gasteiger partial charge in [0.05, 0.1) is 0 Å². The van der Waals surface area contributed by atoms with Crippen molar-refractivity contribution >= 4 is 11.8 Å². The third-order valence-corrected chi connectivity index (χ3v) is 3.27. The first-order valence-electron chi connectivity index (χ1n) is 3.96. The quantitative estimate of drug-likeness (QED) is 0.510. The molecule has 9 heavy (non-hydrogen) atoms. The average molecular weight is 144 g/mol. The van der Waals surface area contributed by atoms with Crippen molar-refractivity contribution in [3.8, 4) is 0 Å². The van der Waals surface area contributed by atoms with Crippen molar-refractivity contribution in [2.45, 2.75) is 43.8 Å². The second-order valence-electron chi connectivity index (χ2n) is 2.85. The molecule has 0 aromatic heterocycles. The van der Waals surface area contributed by atoms with Gasteiger partial charge in [0.25, 0.3) is 0 Å².